The summed E-state index contributed by atoms with van der Waals surface area (Å²) in [5.74, 6) is -0.865. The number of carbonyl (C=O) groups is 1. The fraction of sp³-hybridized carbons (Fsp3) is 0.962. The van der Waals surface area contributed by atoms with Crippen molar-refractivity contribution in [1.82, 2.24) is 0 Å². The molecule has 0 N–H and O–H groups in total. The third kappa shape index (κ3) is 8.79. The van der Waals surface area contributed by atoms with Crippen molar-refractivity contribution in [2.24, 2.45) is 11.0 Å². The average molecular weight is 528 g/mol. The minimum atomic E-state index is -2.25. The molecule has 0 aromatic carbocycles. The zero-order valence-electron chi connectivity index (χ0n) is 23.7. The Morgan fingerprint density at radius 3 is 2.50 bits per heavy atom. The van der Waals surface area contributed by atoms with Gasteiger partial charge in [-0.05, 0) is 50.4 Å². The van der Waals surface area contributed by atoms with Crippen LogP contribution in [0, 0.1) is 5.92 Å². The molecular weight excluding hydrogens is 478 g/mol. The average Bonchev–Trinajstić information content (AvgIpc) is 2.78. The second kappa shape index (κ2) is 13.7. The predicted octanol–water partition coefficient (Wildman–Crippen LogP) is 6.51. The first kappa shape index (κ1) is 31.2. The zero-order chi connectivity index (χ0) is 27.0. The maximum Gasteiger partial charge on any atom is 0.195 e. The third-order valence-electron chi connectivity index (χ3n) is 7.70. The number of rotatable bonds is 14. The van der Waals surface area contributed by atoms with E-state index >= 15 is 0 Å². The number of ether oxygens (including phenoxy) is 4. The Morgan fingerprint density at radius 1 is 1.19 bits per heavy atom. The molecule has 9 nitrogen and oxygen atoms in total. The number of azide groups is 1. The number of nitrogens with zero attached hydrogens (tertiary/aromatic N) is 3. The van der Waals surface area contributed by atoms with Crippen molar-refractivity contribution in [2.75, 3.05) is 13.2 Å². The smallest absolute Gasteiger partial charge is 0.195 e. The standard InChI is InChI=1S/C26H49N3O6Si/c1-9-10-11-12-13-14-19(17-30)15-16-31-23-21(28-29-27)24(35-36(7,8)25(2,3)4)33-20-18-32-26(5,6)34-22(20)23/h17,19-24H,9-16,18H2,1-8H3/t19-,20-,21-,22-,23-,24+/m1/s1. The van der Waals surface area contributed by atoms with Crippen LogP contribution in [0.2, 0.25) is 18.1 Å². The van der Waals surface area contributed by atoms with E-state index in [0.717, 1.165) is 25.5 Å². The second-order valence-electron chi connectivity index (χ2n) is 12.1. The van der Waals surface area contributed by atoms with Gasteiger partial charge in [0.1, 0.15) is 24.5 Å². The van der Waals surface area contributed by atoms with E-state index in [9.17, 15) is 10.3 Å². The minimum absolute atomic E-state index is 0.0495. The van der Waals surface area contributed by atoms with Crippen LogP contribution in [0.3, 0.4) is 0 Å². The fourth-order valence-electron chi connectivity index (χ4n) is 4.40. The Labute approximate surface area is 218 Å². The molecule has 10 heteroatoms. The van der Waals surface area contributed by atoms with E-state index in [1.165, 1.54) is 19.3 Å². The molecule has 0 aliphatic carbocycles. The van der Waals surface area contributed by atoms with Crippen LogP contribution >= 0.6 is 0 Å². The van der Waals surface area contributed by atoms with E-state index in [-0.39, 0.29) is 11.0 Å². The van der Waals surface area contributed by atoms with Gasteiger partial charge in [0.05, 0.1) is 12.7 Å². The molecule has 208 valence electrons. The van der Waals surface area contributed by atoms with Crippen LogP contribution in [0.4, 0.5) is 0 Å². The van der Waals surface area contributed by atoms with Crippen LogP contribution in [0.5, 0.6) is 0 Å². The Kier molecular flexibility index (Phi) is 11.9. The van der Waals surface area contributed by atoms with E-state index in [0.29, 0.717) is 19.6 Å². The van der Waals surface area contributed by atoms with Crippen LogP contribution in [-0.2, 0) is 28.2 Å². The lowest BCUT2D eigenvalue weighted by Gasteiger charge is -2.52. The lowest BCUT2D eigenvalue weighted by Crippen LogP contribution is -2.66. The van der Waals surface area contributed by atoms with Gasteiger partial charge in [0.25, 0.3) is 0 Å². The minimum Gasteiger partial charge on any atom is -0.392 e. The molecule has 0 radical (unpaired) electrons. The molecule has 2 saturated heterocycles. The fourth-order valence-corrected chi connectivity index (χ4v) is 5.53. The van der Waals surface area contributed by atoms with Crippen LogP contribution in [-0.4, -0.2) is 64.2 Å². The predicted molar refractivity (Wildman–Crippen MR) is 142 cm³/mol. The van der Waals surface area contributed by atoms with Gasteiger partial charge in [0, 0.05) is 17.4 Å². The van der Waals surface area contributed by atoms with E-state index in [2.05, 4.69) is 50.8 Å². The highest BCUT2D eigenvalue weighted by atomic mass is 28.4. The lowest BCUT2D eigenvalue weighted by atomic mass is 9.95. The number of carbonyl (C=O) groups excluding carboxylic acids is 1. The first-order valence-electron chi connectivity index (χ1n) is 13.6. The molecular formula is C26H49N3O6Si. The summed E-state index contributed by atoms with van der Waals surface area (Å²) < 4.78 is 31.3. The van der Waals surface area contributed by atoms with Gasteiger partial charge in [-0.1, -0.05) is 64.9 Å². The summed E-state index contributed by atoms with van der Waals surface area (Å²) >= 11 is 0. The first-order chi connectivity index (χ1) is 16.8. The summed E-state index contributed by atoms with van der Waals surface area (Å²) in [5, 5.41) is 4.03. The summed E-state index contributed by atoms with van der Waals surface area (Å²) in [6.07, 6.45) is 6.14. The van der Waals surface area contributed by atoms with Crippen LogP contribution in [0.15, 0.2) is 5.11 Å². The summed E-state index contributed by atoms with van der Waals surface area (Å²) in [7, 11) is -2.25. The highest BCUT2D eigenvalue weighted by molar-refractivity contribution is 6.74. The van der Waals surface area contributed by atoms with Gasteiger partial charge < -0.3 is 28.2 Å². The van der Waals surface area contributed by atoms with E-state index in [1.807, 2.05) is 13.8 Å². The maximum atomic E-state index is 11.7. The lowest BCUT2D eigenvalue weighted by molar-refractivity contribution is -0.364. The maximum absolute atomic E-state index is 11.7. The normalized spacial score (nSPS) is 29.2. The molecule has 2 aliphatic heterocycles. The first-order valence-corrected chi connectivity index (χ1v) is 16.5. The molecule has 0 aromatic rings. The molecule has 0 spiro atoms. The Hall–Kier alpha value is -1.00. The van der Waals surface area contributed by atoms with Crippen molar-refractivity contribution in [1.29, 1.82) is 0 Å². The number of hydrogen-bond acceptors (Lipinski definition) is 7. The quantitative estimate of drug-likeness (QED) is 0.0635. The van der Waals surface area contributed by atoms with Gasteiger partial charge in [0.2, 0.25) is 0 Å². The Balaban J connectivity index is 2.15. The van der Waals surface area contributed by atoms with E-state index in [1.54, 1.807) is 0 Å². The van der Waals surface area contributed by atoms with Crippen molar-refractivity contribution in [3.8, 4) is 0 Å². The van der Waals surface area contributed by atoms with E-state index < -0.39 is 44.7 Å². The van der Waals surface area contributed by atoms with E-state index in [4.69, 9.17) is 23.4 Å². The topological polar surface area (TPSA) is 112 Å². The summed E-state index contributed by atoms with van der Waals surface area (Å²) in [6, 6.07) is -0.719. The largest absolute Gasteiger partial charge is 0.392 e. The highest BCUT2D eigenvalue weighted by Gasteiger charge is 2.54. The number of aldehydes is 1. The molecule has 0 bridgehead atoms. The highest BCUT2D eigenvalue weighted by Crippen LogP contribution is 2.41. The third-order valence-corrected chi connectivity index (χ3v) is 12.1. The summed E-state index contributed by atoms with van der Waals surface area (Å²) in [4.78, 5) is 14.8. The molecule has 36 heavy (non-hydrogen) atoms. The van der Waals surface area contributed by atoms with Crippen LogP contribution < -0.4 is 0 Å². The van der Waals surface area contributed by atoms with Crippen molar-refractivity contribution >= 4 is 14.6 Å². The Morgan fingerprint density at radius 2 is 1.89 bits per heavy atom. The molecule has 2 heterocycles. The van der Waals surface area contributed by atoms with Gasteiger partial charge in [-0.15, -0.1) is 0 Å². The van der Waals surface area contributed by atoms with Crippen molar-refractivity contribution in [3.05, 3.63) is 10.4 Å². The molecule has 0 amide bonds. The van der Waals surface area contributed by atoms with Gasteiger partial charge >= 0.3 is 0 Å². The molecule has 0 unspecified atom stereocenters. The molecule has 0 saturated carbocycles. The SMILES string of the molecule is CCCCCCC[C@@H](C=O)CCO[C@@H]1[C@@H](N=[N+]=[N-])[C@H](O[Si](C)(C)C(C)(C)C)O[C@@H]2COC(C)(C)O[C@@H]12. The van der Waals surface area contributed by atoms with Crippen LogP contribution in [0.25, 0.3) is 10.4 Å². The van der Waals surface area contributed by atoms with Gasteiger partial charge in [-0.3, -0.25) is 0 Å². The number of fused-ring (bicyclic) bond motifs is 1. The molecule has 2 fully saturated rings. The second-order valence-corrected chi connectivity index (χ2v) is 16.9. The molecule has 2 aliphatic rings. The van der Waals surface area contributed by atoms with Gasteiger partial charge in [-0.2, -0.15) is 0 Å². The van der Waals surface area contributed by atoms with Crippen LogP contribution in [0.1, 0.15) is 86.5 Å². The molecule has 6 atom stereocenters. The Bertz CT molecular complexity index is 738. The monoisotopic (exact) mass is 527 g/mol. The molecule has 2 rings (SSSR count). The van der Waals surface area contributed by atoms with Gasteiger partial charge in [-0.25, -0.2) is 0 Å². The van der Waals surface area contributed by atoms with Crippen molar-refractivity contribution in [3.63, 3.8) is 0 Å². The number of hydrogen-bond donors (Lipinski definition) is 0. The number of unbranched alkanes of at least 4 members (excludes halogenated alkanes) is 4. The van der Waals surface area contributed by atoms with Crippen molar-refractivity contribution < 1.29 is 28.2 Å². The van der Waals surface area contributed by atoms with Crippen molar-refractivity contribution in [2.45, 2.75) is 141 Å². The molecule has 0 aromatic heterocycles. The summed E-state index contributed by atoms with van der Waals surface area (Å²) in [5.41, 5.74) is 9.41. The zero-order valence-corrected chi connectivity index (χ0v) is 24.7. The van der Waals surface area contributed by atoms with Gasteiger partial charge in [0.15, 0.2) is 20.4 Å². The summed E-state index contributed by atoms with van der Waals surface area (Å²) in [6.45, 7) is 17.3.